The summed E-state index contributed by atoms with van der Waals surface area (Å²) in [5.74, 6) is 0.644. The molecular weight excluding hydrogens is 243 g/mol. The maximum absolute atomic E-state index is 13.3. The third-order valence-electron chi connectivity index (χ3n) is 2.81. The van der Waals surface area contributed by atoms with Gasteiger partial charge in [0.15, 0.2) is 0 Å². The van der Waals surface area contributed by atoms with Crippen LogP contribution in [0.2, 0.25) is 0 Å². The molecule has 0 aliphatic heterocycles. The van der Waals surface area contributed by atoms with Gasteiger partial charge >= 0.3 is 0 Å². The molecular formula is C16H17FO2. The minimum atomic E-state index is -0.413. The predicted octanol–water partition coefficient (Wildman–Crippen LogP) is 4.06. The Morgan fingerprint density at radius 3 is 2.37 bits per heavy atom. The van der Waals surface area contributed by atoms with Gasteiger partial charge in [-0.1, -0.05) is 25.5 Å². The van der Waals surface area contributed by atoms with E-state index >= 15 is 0 Å². The largest absolute Gasteiger partial charge is 0.457 e. The molecule has 0 amide bonds. The summed E-state index contributed by atoms with van der Waals surface area (Å²) in [6.45, 7) is 1.93. The van der Waals surface area contributed by atoms with Crippen LogP contribution in [-0.4, -0.2) is 5.11 Å². The normalized spacial score (nSPS) is 10.5. The Hall–Kier alpha value is -1.87. The summed E-state index contributed by atoms with van der Waals surface area (Å²) in [7, 11) is 0. The van der Waals surface area contributed by atoms with E-state index in [1.54, 1.807) is 6.07 Å². The SMILES string of the molecule is CCCc1ccc(Oc2cc(F)cc(CO)c2)cc1. The van der Waals surface area contributed by atoms with Gasteiger partial charge in [0.2, 0.25) is 0 Å². The van der Waals surface area contributed by atoms with Crippen molar-refractivity contribution in [3.63, 3.8) is 0 Å². The first-order valence-electron chi connectivity index (χ1n) is 6.38. The van der Waals surface area contributed by atoms with Crippen molar-refractivity contribution in [2.45, 2.75) is 26.4 Å². The predicted molar refractivity (Wildman–Crippen MR) is 72.8 cm³/mol. The average Bonchev–Trinajstić information content (AvgIpc) is 2.40. The van der Waals surface area contributed by atoms with Gasteiger partial charge in [-0.2, -0.15) is 0 Å². The van der Waals surface area contributed by atoms with Crippen molar-refractivity contribution in [2.24, 2.45) is 0 Å². The number of hydrogen-bond donors (Lipinski definition) is 1. The molecule has 2 aromatic rings. The molecule has 0 radical (unpaired) electrons. The van der Waals surface area contributed by atoms with Gasteiger partial charge in [-0.15, -0.1) is 0 Å². The fourth-order valence-electron chi connectivity index (χ4n) is 1.92. The summed E-state index contributed by atoms with van der Waals surface area (Å²) >= 11 is 0. The third kappa shape index (κ3) is 3.80. The van der Waals surface area contributed by atoms with Gasteiger partial charge in [-0.05, 0) is 41.8 Å². The summed E-state index contributed by atoms with van der Waals surface area (Å²) in [4.78, 5) is 0. The standard InChI is InChI=1S/C16H17FO2/c1-2-3-12-4-6-15(7-5-12)19-16-9-13(11-18)8-14(17)10-16/h4-10,18H,2-3,11H2,1H3. The van der Waals surface area contributed by atoms with Crippen molar-refractivity contribution in [1.82, 2.24) is 0 Å². The molecule has 0 unspecified atom stereocenters. The number of rotatable bonds is 5. The quantitative estimate of drug-likeness (QED) is 0.878. The zero-order valence-electron chi connectivity index (χ0n) is 10.9. The Morgan fingerprint density at radius 2 is 1.74 bits per heavy atom. The number of hydrogen-bond acceptors (Lipinski definition) is 2. The molecule has 19 heavy (non-hydrogen) atoms. The zero-order valence-corrected chi connectivity index (χ0v) is 10.9. The van der Waals surface area contributed by atoms with Crippen molar-refractivity contribution in [2.75, 3.05) is 0 Å². The number of ether oxygens (including phenoxy) is 1. The lowest BCUT2D eigenvalue weighted by Gasteiger charge is -2.08. The lowest BCUT2D eigenvalue weighted by atomic mass is 10.1. The summed E-state index contributed by atoms with van der Waals surface area (Å²) in [5.41, 5.74) is 1.75. The van der Waals surface area contributed by atoms with Gasteiger partial charge < -0.3 is 9.84 Å². The van der Waals surface area contributed by atoms with Crippen LogP contribution in [0.4, 0.5) is 4.39 Å². The number of aliphatic hydroxyl groups is 1. The molecule has 0 aromatic heterocycles. The summed E-state index contributed by atoms with van der Waals surface area (Å²) in [6.07, 6.45) is 2.14. The molecule has 0 bridgehead atoms. The van der Waals surface area contributed by atoms with Crippen molar-refractivity contribution in [1.29, 1.82) is 0 Å². The first kappa shape index (κ1) is 13.6. The lowest BCUT2D eigenvalue weighted by molar-refractivity contribution is 0.280. The maximum atomic E-state index is 13.3. The van der Waals surface area contributed by atoms with Crippen LogP contribution in [0.25, 0.3) is 0 Å². The van der Waals surface area contributed by atoms with Crippen LogP contribution in [-0.2, 0) is 13.0 Å². The molecule has 2 rings (SSSR count). The molecule has 0 saturated carbocycles. The van der Waals surface area contributed by atoms with Crippen molar-refractivity contribution in [3.05, 3.63) is 59.4 Å². The Bertz CT molecular complexity index is 535. The van der Waals surface area contributed by atoms with E-state index in [1.807, 2.05) is 24.3 Å². The summed E-state index contributed by atoms with van der Waals surface area (Å²) in [5, 5.41) is 9.03. The molecule has 2 nitrogen and oxygen atoms in total. The van der Waals surface area contributed by atoms with E-state index in [2.05, 4.69) is 6.92 Å². The molecule has 100 valence electrons. The van der Waals surface area contributed by atoms with Gasteiger partial charge in [-0.3, -0.25) is 0 Å². The smallest absolute Gasteiger partial charge is 0.130 e. The van der Waals surface area contributed by atoms with Crippen molar-refractivity contribution >= 4 is 0 Å². The highest BCUT2D eigenvalue weighted by atomic mass is 19.1. The first-order valence-corrected chi connectivity index (χ1v) is 6.38. The number of benzene rings is 2. The molecule has 0 fully saturated rings. The Labute approximate surface area is 112 Å². The van der Waals surface area contributed by atoms with Crippen LogP contribution in [0.3, 0.4) is 0 Å². The first-order chi connectivity index (χ1) is 9.21. The highest BCUT2D eigenvalue weighted by molar-refractivity contribution is 5.35. The average molecular weight is 260 g/mol. The molecule has 2 aromatic carbocycles. The Morgan fingerprint density at radius 1 is 1.00 bits per heavy atom. The van der Waals surface area contributed by atoms with E-state index in [-0.39, 0.29) is 6.61 Å². The van der Waals surface area contributed by atoms with Crippen LogP contribution in [0.5, 0.6) is 11.5 Å². The molecule has 0 heterocycles. The molecule has 0 atom stereocenters. The van der Waals surface area contributed by atoms with Crippen LogP contribution >= 0.6 is 0 Å². The molecule has 3 heteroatoms. The van der Waals surface area contributed by atoms with Crippen LogP contribution in [0.15, 0.2) is 42.5 Å². The number of halogens is 1. The van der Waals surface area contributed by atoms with Gasteiger partial charge in [0.25, 0.3) is 0 Å². The number of aryl methyl sites for hydroxylation is 1. The monoisotopic (exact) mass is 260 g/mol. The topological polar surface area (TPSA) is 29.5 Å². The number of aliphatic hydroxyl groups excluding tert-OH is 1. The molecule has 0 saturated heterocycles. The fraction of sp³-hybridized carbons (Fsp3) is 0.250. The van der Waals surface area contributed by atoms with Crippen LogP contribution < -0.4 is 4.74 Å². The van der Waals surface area contributed by atoms with E-state index in [0.29, 0.717) is 17.1 Å². The van der Waals surface area contributed by atoms with Crippen LogP contribution in [0, 0.1) is 5.82 Å². The summed E-state index contributed by atoms with van der Waals surface area (Å²) in [6, 6.07) is 12.0. The highest BCUT2D eigenvalue weighted by Gasteiger charge is 2.03. The minimum absolute atomic E-state index is 0.205. The molecule has 0 aliphatic rings. The lowest BCUT2D eigenvalue weighted by Crippen LogP contribution is -1.90. The van der Waals surface area contributed by atoms with E-state index in [1.165, 1.54) is 17.7 Å². The Kier molecular flexibility index (Phi) is 4.53. The van der Waals surface area contributed by atoms with E-state index in [9.17, 15) is 4.39 Å². The zero-order chi connectivity index (χ0) is 13.7. The van der Waals surface area contributed by atoms with Crippen molar-refractivity contribution in [3.8, 4) is 11.5 Å². The van der Waals surface area contributed by atoms with Crippen LogP contribution in [0.1, 0.15) is 24.5 Å². The Balaban J connectivity index is 2.14. The maximum Gasteiger partial charge on any atom is 0.130 e. The molecule has 1 N–H and O–H groups in total. The van der Waals surface area contributed by atoms with Gasteiger partial charge in [-0.25, -0.2) is 4.39 Å². The highest BCUT2D eigenvalue weighted by Crippen LogP contribution is 2.24. The molecule has 0 aliphatic carbocycles. The third-order valence-corrected chi connectivity index (χ3v) is 2.81. The second-order valence-corrected chi connectivity index (χ2v) is 4.45. The fourth-order valence-corrected chi connectivity index (χ4v) is 1.92. The van der Waals surface area contributed by atoms with E-state index < -0.39 is 5.82 Å². The van der Waals surface area contributed by atoms with E-state index in [0.717, 1.165) is 12.8 Å². The van der Waals surface area contributed by atoms with Gasteiger partial charge in [0.05, 0.1) is 6.61 Å². The molecule has 0 spiro atoms. The van der Waals surface area contributed by atoms with Crippen molar-refractivity contribution < 1.29 is 14.2 Å². The van der Waals surface area contributed by atoms with E-state index in [4.69, 9.17) is 9.84 Å². The summed E-state index contributed by atoms with van der Waals surface area (Å²) < 4.78 is 18.9. The second kappa shape index (κ2) is 6.34. The van der Waals surface area contributed by atoms with Gasteiger partial charge in [0.1, 0.15) is 17.3 Å². The van der Waals surface area contributed by atoms with Gasteiger partial charge in [0, 0.05) is 6.07 Å². The second-order valence-electron chi connectivity index (χ2n) is 4.45. The minimum Gasteiger partial charge on any atom is -0.457 e.